The molecule has 0 bridgehead atoms. The number of rotatable bonds is 13. The van der Waals surface area contributed by atoms with Crippen molar-refractivity contribution in [2.45, 2.75) is 68.2 Å². The molecule has 0 fully saturated rings. The van der Waals surface area contributed by atoms with E-state index < -0.39 is 15.6 Å². The third kappa shape index (κ3) is 8.95. The summed E-state index contributed by atoms with van der Waals surface area (Å²) < 4.78 is 65.6. The van der Waals surface area contributed by atoms with Gasteiger partial charge in [-0.15, -0.1) is 0 Å². The van der Waals surface area contributed by atoms with Gasteiger partial charge in [0.2, 0.25) is 0 Å². The van der Waals surface area contributed by atoms with E-state index in [1.54, 1.807) is 18.2 Å². The molecule has 8 nitrogen and oxygen atoms in total. The summed E-state index contributed by atoms with van der Waals surface area (Å²) in [6.45, 7) is 15.1. The van der Waals surface area contributed by atoms with Crippen LogP contribution in [0.1, 0.15) is 62.9 Å². The molecule has 0 saturated heterocycles. The lowest BCUT2D eigenvalue weighted by atomic mass is 9.97. The highest BCUT2D eigenvalue weighted by Gasteiger charge is 2.37. The molecule has 0 atom stereocenters. The normalized spacial score (nSPS) is 13.0. The Morgan fingerprint density at radius 2 is 0.722 bits per heavy atom. The van der Waals surface area contributed by atoms with Crippen LogP contribution in [-0.4, -0.2) is 0 Å². The van der Waals surface area contributed by atoms with Gasteiger partial charge in [0.1, 0.15) is 34.5 Å². The Morgan fingerprint density at radius 1 is 0.389 bits per heavy atom. The van der Waals surface area contributed by atoms with E-state index in [1.165, 1.54) is 0 Å². The first kappa shape index (κ1) is 38.6. The summed E-state index contributed by atoms with van der Waals surface area (Å²) in [4.78, 5) is 0. The van der Waals surface area contributed by atoms with Gasteiger partial charge < -0.3 is 27.1 Å². The van der Waals surface area contributed by atoms with E-state index in [0.29, 0.717) is 47.3 Å². The average Bonchev–Trinajstić information content (AvgIpc) is 3.12. The maximum absolute atomic E-state index is 14.5. The molecule has 0 radical (unpaired) electrons. The Balaban J connectivity index is 1.23. The van der Waals surface area contributed by atoms with Crippen LogP contribution in [0.5, 0.6) is 28.7 Å². The summed E-state index contributed by atoms with van der Waals surface area (Å²) in [7, 11) is -8.41. The molecule has 0 saturated carbocycles. The van der Waals surface area contributed by atoms with E-state index in [1.807, 2.05) is 146 Å². The lowest BCUT2D eigenvalue weighted by Gasteiger charge is -2.25. The van der Waals surface area contributed by atoms with Crippen molar-refractivity contribution in [3.63, 3.8) is 0 Å². The van der Waals surface area contributed by atoms with Crippen LogP contribution in [0.3, 0.4) is 0 Å². The molecule has 0 amide bonds. The molecule has 0 unspecified atom stereocenters. The highest BCUT2D eigenvalue weighted by molar-refractivity contribution is 7.50. The second-order valence-electron chi connectivity index (χ2n) is 13.7. The number of aryl methyl sites for hydroxylation is 8. The van der Waals surface area contributed by atoms with Crippen LogP contribution in [0.25, 0.3) is 5.57 Å². The van der Waals surface area contributed by atoms with E-state index in [0.717, 1.165) is 55.6 Å². The topological polar surface area (TPSA) is 89.5 Å². The van der Waals surface area contributed by atoms with Crippen molar-refractivity contribution >= 4 is 21.2 Å². The van der Waals surface area contributed by atoms with Crippen molar-refractivity contribution in [2.75, 3.05) is 0 Å². The van der Waals surface area contributed by atoms with Gasteiger partial charge in [0.25, 0.3) is 0 Å². The molecule has 54 heavy (non-hydrogen) atoms. The quantitative estimate of drug-likeness (QED) is 0.110. The molecule has 0 aliphatic heterocycles. The Hall–Kier alpha value is -5.16. The largest absolute Gasteiger partial charge is 0.647 e. The zero-order chi connectivity index (χ0) is 38.6. The van der Waals surface area contributed by atoms with Gasteiger partial charge in [0.15, 0.2) is 0 Å². The number of allylic oxidation sites excluding steroid dienone is 4. The Bertz CT molecular complexity index is 2150. The zero-order valence-electron chi connectivity index (χ0n) is 32.0. The predicted molar refractivity (Wildman–Crippen MR) is 215 cm³/mol. The minimum absolute atomic E-state index is 0.323. The van der Waals surface area contributed by atoms with Crippen LogP contribution in [0, 0.1) is 55.4 Å². The molecule has 5 aromatic rings. The van der Waals surface area contributed by atoms with Gasteiger partial charge in [0, 0.05) is 6.42 Å². The Kier molecular flexibility index (Phi) is 11.5. The first-order chi connectivity index (χ1) is 25.7. The van der Waals surface area contributed by atoms with E-state index in [-0.39, 0.29) is 0 Å². The monoisotopic (exact) mass is 764 g/mol. The number of hydrogen-bond acceptors (Lipinski definition) is 8. The maximum Gasteiger partial charge on any atom is 0.647 e. The van der Waals surface area contributed by atoms with Crippen LogP contribution >= 0.6 is 15.6 Å². The molecule has 10 heteroatoms. The number of hydrogen-bond donors (Lipinski definition) is 0. The van der Waals surface area contributed by atoms with Crippen LogP contribution in [0.2, 0.25) is 0 Å². The minimum atomic E-state index is -4.22. The van der Waals surface area contributed by atoms with E-state index in [4.69, 9.17) is 27.1 Å². The molecule has 0 heterocycles. The van der Waals surface area contributed by atoms with E-state index in [9.17, 15) is 9.13 Å². The summed E-state index contributed by atoms with van der Waals surface area (Å²) in [6.07, 6.45) is 4.78. The molecular weight excluding hydrogens is 718 g/mol. The third-order valence-electron chi connectivity index (χ3n) is 9.23. The van der Waals surface area contributed by atoms with E-state index in [2.05, 4.69) is 0 Å². The van der Waals surface area contributed by atoms with Gasteiger partial charge in [-0.25, -0.2) is 0 Å². The van der Waals surface area contributed by atoms with Crippen molar-refractivity contribution < 1.29 is 36.3 Å². The fraction of sp³-hybridized carbons (Fsp3) is 0.227. The van der Waals surface area contributed by atoms with Gasteiger partial charge in [-0.05, 0) is 136 Å². The lowest BCUT2D eigenvalue weighted by molar-refractivity contribution is 0.248. The SMILES string of the molecule is Cc1cccc(C)c1OP(=O)(OC1=CC=C(c2ccc(OP(=O)(Oc3c(C)cccc3C)Oc3c(C)cccc3C)cc2)CC1)Oc1c(C)cccc1C. The molecule has 0 N–H and O–H groups in total. The highest BCUT2D eigenvalue weighted by Crippen LogP contribution is 2.55. The third-order valence-corrected chi connectivity index (χ3v) is 11.7. The van der Waals surface area contributed by atoms with Crippen LogP contribution in [0.4, 0.5) is 0 Å². The average molecular weight is 765 g/mol. The van der Waals surface area contributed by atoms with E-state index >= 15 is 0 Å². The second-order valence-corrected chi connectivity index (χ2v) is 16.6. The Labute approximate surface area is 318 Å². The lowest BCUT2D eigenvalue weighted by Crippen LogP contribution is -2.10. The van der Waals surface area contributed by atoms with Gasteiger partial charge in [-0.3, -0.25) is 0 Å². The number of phosphoric ester groups is 2. The molecule has 280 valence electrons. The molecule has 1 aliphatic rings. The van der Waals surface area contributed by atoms with Gasteiger partial charge in [-0.1, -0.05) is 91.0 Å². The molecule has 5 aromatic carbocycles. The molecule has 1 aliphatic carbocycles. The summed E-state index contributed by atoms with van der Waals surface area (Å²) in [5.41, 5.74) is 8.48. The smallest absolute Gasteiger partial charge is 0.390 e. The fourth-order valence-electron chi connectivity index (χ4n) is 6.27. The summed E-state index contributed by atoms with van der Waals surface area (Å²) in [5, 5.41) is 0. The predicted octanol–water partition coefficient (Wildman–Crippen LogP) is 13.1. The zero-order valence-corrected chi connectivity index (χ0v) is 33.8. The van der Waals surface area contributed by atoms with Crippen molar-refractivity contribution in [2.24, 2.45) is 0 Å². The standard InChI is InChI=1S/C44H46O8P2/c1-29-13-9-14-30(2)41(29)49-53(45,50-42-31(3)15-10-16-32(42)4)47-39-25-21-37(22-26-39)38-23-27-40(28-24-38)48-54(46,51-43-33(5)17-11-18-34(43)6)52-44-35(7)19-12-20-36(44)8/h9-23,25-27H,24,28H2,1-8H3. The van der Waals surface area contributed by atoms with Gasteiger partial charge in [-0.2, -0.15) is 9.13 Å². The van der Waals surface area contributed by atoms with Crippen molar-refractivity contribution in [1.29, 1.82) is 0 Å². The van der Waals surface area contributed by atoms with Crippen LogP contribution in [0.15, 0.2) is 115 Å². The number of benzene rings is 5. The van der Waals surface area contributed by atoms with Crippen molar-refractivity contribution in [3.05, 3.63) is 165 Å². The molecule has 0 aromatic heterocycles. The molecule has 6 rings (SSSR count). The van der Waals surface area contributed by atoms with Crippen molar-refractivity contribution in [3.8, 4) is 28.7 Å². The highest BCUT2D eigenvalue weighted by atomic mass is 31.2. The van der Waals surface area contributed by atoms with Crippen molar-refractivity contribution in [1.82, 2.24) is 0 Å². The first-order valence-corrected chi connectivity index (χ1v) is 20.8. The Morgan fingerprint density at radius 3 is 1.04 bits per heavy atom. The minimum Gasteiger partial charge on any atom is -0.390 e. The summed E-state index contributed by atoms with van der Waals surface area (Å²) in [5.74, 6) is 2.63. The van der Waals surface area contributed by atoms with Gasteiger partial charge >= 0.3 is 15.6 Å². The number of para-hydroxylation sites is 4. The molecular formula is C44H46O8P2. The van der Waals surface area contributed by atoms with Gasteiger partial charge in [0.05, 0.1) is 0 Å². The number of phosphoric acid groups is 2. The summed E-state index contributed by atoms with van der Waals surface area (Å²) >= 11 is 0. The second kappa shape index (κ2) is 16.1. The van der Waals surface area contributed by atoms with Crippen LogP contribution in [-0.2, 0) is 13.7 Å². The molecule has 0 spiro atoms. The first-order valence-electron chi connectivity index (χ1n) is 17.9. The fourth-order valence-corrected chi connectivity index (χ4v) is 9.36. The summed E-state index contributed by atoms with van der Waals surface area (Å²) in [6, 6.07) is 30.1. The maximum atomic E-state index is 14.5. The van der Waals surface area contributed by atoms with Crippen LogP contribution < -0.4 is 22.6 Å².